The molecule has 1 aromatic rings. The van der Waals surface area contributed by atoms with E-state index in [9.17, 15) is 4.39 Å². The van der Waals surface area contributed by atoms with Crippen LogP contribution in [0.25, 0.3) is 5.70 Å². The molecule has 1 saturated heterocycles. The first-order valence-electron chi connectivity index (χ1n) is 5.84. The molecular formula is C13H11ClFN5. The first-order chi connectivity index (χ1) is 9.53. The third-order valence-corrected chi connectivity index (χ3v) is 3.49. The van der Waals surface area contributed by atoms with Crippen LogP contribution in [0.3, 0.4) is 0 Å². The van der Waals surface area contributed by atoms with Gasteiger partial charge < -0.3 is 11.1 Å². The first-order valence-corrected chi connectivity index (χ1v) is 6.22. The van der Waals surface area contributed by atoms with Crippen LogP contribution in [-0.4, -0.2) is 22.7 Å². The van der Waals surface area contributed by atoms with Gasteiger partial charge in [0.25, 0.3) is 0 Å². The van der Waals surface area contributed by atoms with E-state index in [2.05, 4.69) is 21.7 Å². The molecule has 0 aromatic heterocycles. The van der Waals surface area contributed by atoms with Crippen LogP contribution in [0.15, 0.2) is 35.0 Å². The van der Waals surface area contributed by atoms with Gasteiger partial charge in [0.1, 0.15) is 11.5 Å². The predicted octanol–water partition coefficient (Wildman–Crippen LogP) is 0.758. The van der Waals surface area contributed by atoms with Crippen molar-refractivity contribution in [2.24, 2.45) is 10.7 Å². The second kappa shape index (κ2) is 4.40. The van der Waals surface area contributed by atoms with Gasteiger partial charge in [-0.1, -0.05) is 30.2 Å². The van der Waals surface area contributed by atoms with Crippen LogP contribution < -0.4 is 16.4 Å². The topological polar surface area (TPSA) is 65.7 Å². The van der Waals surface area contributed by atoms with Crippen molar-refractivity contribution in [3.63, 3.8) is 0 Å². The van der Waals surface area contributed by atoms with Crippen molar-refractivity contribution in [2.45, 2.75) is 5.12 Å². The summed E-state index contributed by atoms with van der Waals surface area (Å²) in [6, 6.07) is 8.57. The zero-order chi connectivity index (χ0) is 14.3. The summed E-state index contributed by atoms with van der Waals surface area (Å²) in [6.07, 6.45) is 5.47. The number of hydrogen-bond donors (Lipinski definition) is 3. The molecule has 1 fully saturated rings. The molecule has 3 rings (SSSR count). The van der Waals surface area contributed by atoms with Gasteiger partial charge in [0.2, 0.25) is 5.12 Å². The van der Waals surface area contributed by atoms with Gasteiger partial charge in [-0.25, -0.2) is 9.38 Å². The monoisotopic (exact) mass is 291 g/mol. The largest absolute Gasteiger partial charge is 0.370 e. The minimum atomic E-state index is -1.23. The summed E-state index contributed by atoms with van der Waals surface area (Å²) in [5.41, 5.74) is 7.40. The zero-order valence-corrected chi connectivity index (χ0v) is 11.1. The number of alkyl halides is 1. The number of nitrogens with one attached hydrogen (secondary N) is 2. The average Bonchev–Trinajstić information content (AvgIpc) is 2.74. The van der Waals surface area contributed by atoms with E-state index < -0.39 is 5.12 Å². The molecule has 2 aliphatic rings. The minimum Gasteiger partial charge on any atom is -0.370 e. The van der Waals surface area contributed by atoms with Gasteiger partial charge in [-0.15, -0.1) is 0 Å². The Morgan fingerprint density at radius 3 is 3.05 bits per heavy atom. The molecule has 0 saturated carbocycles. The molecule has 0 spiro atoms. The maximum absolute atomic E-state index is 13.4. The lowest BCUT2D eigenvalue weighted by Gasteiger charge is -2.29. The van der Waals surface area contributed by atoms with E-state index in [1.807, 2.05) is 0 Å². The van der Waals surface area contributed by atoms with Crippen LogP contribution in [0.4, 0.5) is 4.39 Å². The molecule has 4 N–H and O–H groups in total. The maximum Gasteiger partial charge on any atom is 0.235 e. The van der Waals surface area contributed by atoms with Crippen molar-refractivity contribution in [3.05, 3.63) is 41.3 Å². The molecular weight excluding hydrogens is 281 g/mol. The quantitative estimate of drug-likeness (QED) is 0.406. The van der Waals surface area contributed by atoms with Crippen LogP contribution in [0.5, 0.6) is 0 Å². The van der Waals surface area contributed by atoms with Crippen molar-refractivity contribution in [2.75, 3.05) is 6.67 Å². The summed E-state index contributed by atoms with van der Waals surface area (Å²) in [7, 11) is 0. The fourth-order valence-corrected chi connectivity index (χ4v) is 2.61. The molecule has 102 valence electrons. The van der Waals surface area contributed by atoms with Crippen LogP contribution >= 0.6 is 11.6 Å². The smallest absolute Gasteiger partial charge is 0.235 e. The molecule has 1 aromatic carbocycles. The zero-order valence-electron chi connectivity index (χ0n) is 10.3. The third-order valence-electron chi connectivity index (χ3n) is 3.09. The molecule has 1 atom stereocenters. The van der Waals surface area contributed by atoms with Crippen molar-refractivity contribution < 1.29 is 4.39 Å². The molecule has 20 heavy (non-hydrogen) atoms. The standard InChI is InChI=1S/C13H11ClFN5/c1-2-20-7-17-13(14)11(20)10(18-12(16)19-13)8-4-3-5-9(15)6-8/h1,3-6,17H,7H2,(H3,16,18,19). The van der Waals surface area contributed by atoms with Crippen molar-refractivity contribution in [3.8, 4) is 12.5 Å². The summed E-state index contributed by atoms with van der Waals surface area (Å²) in [4.78, 5) is 5.69. The number of hydrogen-bond acceptors (Lipinski definition) is 5. The Balaban J connectivity index is 2.20. The summed E-state index contributed by atoms with van der Waals surface area (Å²) < 4.78 is 13.4. The van der Waals surface area contributed by atoms with Crippen molar-refractivity contribution in [1.29, 1.82) is 0 Å². The summed E-state index contributed by atoms with van der Waals surface area (Å²) >= 11 is 6.42. The normalized spacial score (nSPS) is 24.9. The van der Waals surface area contributed by atoms with Gasteiger partial charge >= 0.3 is 0 Å². The minimum absolute atomic E-state index is 0.134. The van der Waals surface area contributed by atoms with Gasteiger partial charge in [0.05, 0.1) is 12.4 Å². The van der Waals surface area contributed by atoms with Gasteiger partial charge in [0.15, 0.2) is 5.96 Å². The molecule has 0 radical (unpaired) electrons. The molecule has 1 unspecified atom stereocenters. The second-order valence-corrected chi connectivity index (χ2v) is 4.92. The molecule has 2 aliphatic heterocycles. The van der Waals surface area contributed by atoms with E-state index in [-0.39, 0.29) is 11.8 Å². The molecule has 0 amide bonds. The Morgan fingerprint density at radius 1 is 1.55 bits per heavy atom. The number of fused-ring (bicyclic) bond motifs is 1. The SMILES string of the molecule is C#CN1CNC2(Cl)N=C(N)NC(c3cccc(F)c3)=C12. The number of nitrogens with zero attached hydrogens (tertiary/aromatic N) is 2. The van der Waals surface area contributed by atoms with E-state index in [1.54, 1.807) is 17.0 Å². The lowest BCUT2D eigenvalue weighted by Crippen LogP contribution is -2.45. The highest BCUT2D eigenvalue weighted by Crippen LogP contribution is 2.38. The van der Waals surface area contributed by atoms with E-state index in [1.165, 1.54) is 12.1 Å². The van der Waals surface area contributed by atoms with Crippen LogP contribution in [0.2, 0.25) is 0 Å². The van der Waals surface area contributed by atoms with Gasteiger partial charge in [0, 0.05) is 11.6 Å². The van der Waals surface area contributed by atoms with Crippen molar-refractivity contribution >= 4 is 23.3 Å². The number of nitrogens with two attached hydrogens (primary N) is 1. The second-order valence-electron chi connectivity index (χ2n) is 4.37. The molecule has 2 heterocycles. The number of terminal acetylenes is 1. The molecule has 5 nitrogen and oxygen atoms in total. The van der Waals surface area contributed by atoms with Crippen molar-refractivity contribution in [1.82, 2.24) is 15.5 Å². The molecule has 7 heteroatoms. The number of guanidine groups is 1. The van der Waals surface area contributed by atoms with E-state index in [0.29, 0.717) is 23.6 Å². The predicted molar refractivity (Wildman–Crippen MR) is 75.3 cm³/mol. The van der Waals surface area contributed by atoms with Crippen LogP contribution in [-0.2, 0) is 0 Å². The Morgan fingerprint density at radius 2 is 2.35 bits per heavy atom. The highest BCUT2D eigenvalue weighted by atomic mass is 35.5. The average molecular weight is 292 g/mol. The lowest BCUT2D eigenvalue weighted by atomic mass is 10.1. The number of aliphatic imine (C=N–C) groups is 1. The molecule has 0 bridgehead atoms. The number of benzene rings is 1. The van der Waals surface area contributed by atoms with Gasteiger partial charge in [-0.05, 0) is 12.1 Å². The number of halogens is 2. The van der Waals surface area contributed by atoms with Gasteiger partial charge in [-0.3, -0.25) is 10.2 Å². The Bertz CT molecular complexity index is 678. The Hall–Kier alpha value is -2.23. The van der Waals surface area contributed by atoms with E-state index >= 15 is 0 Å². The summed E-state index contributed by atoms with van der Waals surface area (Å²) in [5.74, 6) is -0.230. The fraction of sp³-hybridized carbons (Fsp3) is 0.154. The lowest BCUT2D eigenvalue weighted by molar-refractivity contribution is 0.544. The highest BCUT2D eigenvalue weighted by Gasteiger charge is 2.45. The number of rotatable bonds is 1. The van der Waals surface area contributed by atoms with Gasteiger partial charge in [-0.2, -0.15) is 0 Å². The third kappa shape index (κ3) is 1.88. The van der Waals surface area contributed by atoms with Crippen LogP contribution in [0.1, 0.15) is 5.56 Å². The Kier molecular flexibility index (Phi) is 2.82. The van der Waals surface area contributed by atoms with E-state index in [0.717, 1.165) is 0 Å². The Labute approximate surface area is 120 Å². The summed E-state index contributed by atoms with van der Waals surface area (Å²) in [6.45, 7) is 0.326. The molecule has 0 aliphatic carbocycles. The van der Waals surface area contributed by atoms with E-state index in [4.69, 9.17) is 23.8 Å². The highest BCUT2D eigenvalue weighted by molar-refractivity contribution is 6.27. The maximum atomic E-state index is 13.4. The van der Waals surface area contributed by atoms with Crippen LogP contribution in [0, 0.1) is 18.3 Å². The fourth-order valence-electron chi connectivity index (χ4n) is 2.26. The summed E-state index contributed by atoms with van der Waals surface area (Å²) in [5, 5.41) is 4.64. The first kappa shape index (κ1) is 12.8.